The molecule has 0 aliphatic carbocycles. The van der Waals surface area contributed by atoms with Crippen molar-refractivity contribution in [3.8, 4) is 0 Å². The molecule has 0 atom stereocenters. The molecule has 0 aromatic carbocycles. The zero-order valence-electron chi connectivity index (χ0n) is 10.3. The highest BCUT2D eigenvalue weighted by atomic mass is 15.1. The van der Waals surface area contributed by atoms with Gasteiger partial charge in [-0.15, -0.1) is 0 Å². The van der Waals surface area contributed by atoms with E-state index in [-0.39, 0.29) is 0 Å². The molecule has 0 radical (unpaired) electrons. The molecule has 5 heteroatoms. The highest BCUT2D eigenvalue weighted by Gasteiger charge is 2.00. The highest BCUT2D eigenvalue weighted by molar-refractivity contribution is 5.40. The summed E-state index contributed by atoms with van der Waals surface area (Å²) in [6, 6.07) is 1.90. The van der Waals surface area contributed by atoms with Gasteiger partial charge in [0, 0.05) is 24.8 Å². The highest BCUT2D eigenvalue weighted by Crippen LogP contribution is 2.06. The van der Waals surface area contributed by atoms with E-state index in [4.69, 9.17) is 5.73 Å². The Morgan fingerprint density at radius 1 is 1.31 bits per heavy atom. The van der Waals surface area contributed by atoms with Crippen LogP contribution in [-0.4, -0.2) is 41.0 Å². The second-order valence-corrected chi connectivity index (χ2v) is 3.71. The molecule has 0 amide bonds. The van der Waals surface area contributed by atoms with Gasteiger partial charge >= 0.3 is 0 Å². The van der Waals surface area contributed by atoms with Gasteiger partial charge in [-0.2, -0.15) is 4.98 Å². The first-order chi connectivity index (χ1) is 7.65. The third-order valence-electron chi connectivity index (χ3n) is 2.50. The van der Waals surface area contributed by atoms with Gasteiger partial charge in [0.25, 0.3) is 0 Å². The van der Waals surface area contributed by atoms with Crippen LogP contribution in [0.25, 0.3) is 0 Å². The molecular formula is C11H21N5. The Balaban J connectivity index is 2.42. The van der Waals surface area contributed by atoms with Gasteiger partial charge in [-0.25, -0.2) is 4.98 Å². The maximum atomic E-state index is 5.57. The number of nitrogens with zero attached hydrogens (tertiary/aromatic N) is 3. The Labute approximate surface area is 97.1 Å². The van der Waals surface area contributed by atoms with E-state index in [0.717, 1.165) is 37.7 Å². The second-order valence-electron chi connectivity index (χ2n) is 3.71. The second kappa shape index (κ2) is 6.27. The SMILES string of the molecule is CCN(CC)CCNc1cc(C)nc(N)n1. The van der Waals surface area contributed by atoms with Crippen molar-refractivity contribution in [1.29, 1.82) is 0 Å². The number of nitrogens with one attached hydrogen (secondary N) is 1. The standard InChI is InChI=1S/C11H21N5/c1-4-16(5-2)7-6-13-10-8-9(3)14-11(12)15-10/h8H,4-7H2,1-3H3,(H3,12,13,14,15). The van der Waals surface area contributed by atoms with Crippen LogP contribution in [0.3, 0.4) is 0 Å². The Morgan fingerprint density at radius 2 is 2.00 bits per heavy atom. The van der Waals surface area contributed by atoms with Gasteiger partial charge in [0.1, 0.15) is 5.82 Å². The number of aryl methyl sites for hydroxylation is 1. The van der Waals surface area contributed by atoms with E-state index in [1.807, 2.05) is 13.0 Å². The third kappa shape index (κ3) is 4.02. The van der Waals surface area contributed by atoms with Crippen LogP contribution in [0.1, 0.15) is 19.5 Å². The zero-order chi connectivity index (χ0) is 12.0. The molecule has 5 nitrogen and oxygen atoms in total. The number of nitrogen functional groups attached to an aromatic ring is 1. The van der Waals surface area contributed by atoms with Gasteiger partial charge < -0.3 is 16.0 Å². The predicted molar refractivity (Wildman–Crippen MR) is 67.5 cm³/mol. The van der Waals surface area contributed by atoms with Crippen LogP contribution in [0.5, 0.6) is 0 Å². The lowest BCUT2D eigenvalue weighted by molar-refractivity contribution is 0.316. The first-order valence-electron chi connectivity index (χ1n) is 5.73. The largest absolute Gasteiger partial charge is 0.369 e. The van der Waals surface area contributed by atoms with Crippen LogP contribution in [0, 0.1) is 6.92 Å². The van der Waals surface area contributed by atoms with E-state index < -0.39 is 0 Å². The zero-order valence-corrected chi connectivity index (χ0v) is 10.3. The molecule has 0 unspecified atom stereocenters. The van der Waals surface area contributed by atoms with Gasteiger partial charge in [-0.05, 0) is 20.0 Å². The molecule has 1 aromatic heterocycles. The number of anilines is 2. The Kier molecular flexibility index (Phi) is 4.98. The molecular weight excluding hydrogens is 202 g/mol. The van der Waals surface area contributed by atoms with Gasteiger partial charge in [0.05, 0.1) is 0 Å². The van der Waals surface area contributed by atoms with E-state index in [1.165, 1.54) is 0 Å². The molecule has 1 heterocycles. The molecule has 0 aliphatic rings. The smallest absolute Gasteiger partial charge is 0.222 e. The minimum Gasteiger partial charge on any atom is -0.369 e. The van der Waals surface area contributed by atoms with Gasteiger partial charge in [0.15, 0.2) is 0 Å². The van der Waals surface area contributed by atoms with Crippen molar-refractivity contribution >= 4 is 11.8 Å². The van der Waals surface area contributed by atoms with Crippen LogP contribution >= 0.6 is 0 Å². The topological polar surface area (TPSA) is 67.1 Å². The molecule has 3 N–H and O–H groups in total. The summed E-state index contributed by atoms with van der Waals surface area (Å²) < 4.78 is 0. The van der Waals surface area contributed by atoms with Gasteiger partial charge in [0.2, 0.25) is 5.95 Å². The lowest BCUT2D eigenvalue weighted by atomic mass is 10.4. The fraction of sp³-hybridized carbons (Fsp3) is 0.636. The molecule has 0 aliphatic heterocycles. The lowest BCUT2D eigenvalue weighted by Crippen LogP contribution is -2.28. The van der Waals surface area contributed by atoms with Gasteiger partial charge in [-0.3, -0.25) is 0 Å². The molecule has 90 valence electrons. The van der Waals surface area contributed by atoms with Crippen molar-refractivity contribution in [2.75, 3.05) is 37.2 Å². The van der Waals surface area contributed by atoms with E-state index in [1.54, 1.807) is 0 Å². The molecule has 0 bridgehead atoms. The molecule has 0 spiro atoms. The fourth-order valence-corrected chi connectivity index (χ4v) is 1.56. The first kappa shape index (κ1) is 12.7. The average molecular weight is 223 g/mol. The lowest BCUT2D eigenvalue weighted by Gasteiger charge is -2.18. The van der Waals surface area contributed by atoms with Crippen LogP contribution in [-0.2, 0) is 0 Å². The van der Waals surface area contributed by atoms with Crippen molar-refractivity contribution in [1.82, 2.24) is 14.9 Å². The summed E-state index contributed by atoms with van der Waals surface area (Å²) in [5.74, 6) is 1.13. The number of aromatic nitrogens is 2. The summed E-state index contributed by atoms with van der Waals surface area (Å²) in [5, 5.41) is 3.25. The number of likely N-dealkylation sites (N-methyl/N-ethyl adjacent to an activating group) is 1. The molecule has 0 fully saturated rings. The molecule has 1 aromatic rings. The summed E-state index contributed by atoms with van der Waals surface area (Å²) in [6.45, 7) is 10.3. The average Bonchev–Trinajstić information content (AvgIpc) is 2.23. The minimum absolute atomic E-state index is 0.324. The quantitative estimate of drug-likeness (QED) is 0.756. The van der Waals surface area contributed by atoms with Crippen LogP contribution in [0.15, 0.2) is 6.07 Å². The maximum Gasteiger partial charge on any atom is 0.222 e. The minimum atomic E-state index is 0.324. The van der Waals surface area contributed by atoms with E-state index in [9.17, 15) is 0 Å². The molecule has 0 saturated carbocycles. The summed E-state index contributed by atoms with van der Waals surface area (Å²) in [5.41, 5.74) is 6.46. The Morgan fingerprint density at radius 3 is 2.56 bits per heavy atom. The van der Waals surface area contributed by atoms with Crippen molar-refractivity contribution < 1.29 is 0 Å². The fourth-order valence-electron chi connectivity index (χ4n) is 1.56. The monoisotopic (exact) mass is 223 g/mol. The summed E-state index contributed by atoms with van der Waals surface area (Å²) >= 11 is 0. The van der Waals surface area contributed by atoms with Crippen LogP contribution < -0.4 is 11.1 Å². The summed E-state index contributed by atoms with van der Waals surface area (Å²) in [6.07, 6.45) is 0. The van der Waals surface area contributed by atoms with Crippen molar-refractivity contribution in [3.63, 3.8) is 0 Å². The first-order valence-corrected chi connectivity index (χ1v) is 5.73. The van der Waals surface area contributed by atoms with Crippen molar-refractivity contribution in [2.24, 2.45) is 0 Å². The Bertz CT molecular complexity index is 302. The normalized spacial score (nSPS) is 10.8. The third-order valence-corrected chi connectivity index (χ3v) is 2.50. The van der Waals surface area contributed by atoms with Crippen molar-refractivity contribution in [2.45, 2.75) is 20.8 Å². The number of hydrogen-bond donors (Lipinski definition) is 2. The van der Waals surface area contributed by atoms with Gasteiger partial charge in [-0.1, -0.05) is 13.8 Å². The predicted octanol–water partition coefficient (Wildman–Crippen LogP) is 1.12. The molecule has 0 saturated heterocycles. The van der Waals surface area contributed by atoms with Crippen LogP contribution in [0.4, 0.5) is 11.8 Å². The Hall–Kier alpha value is -1.36. The number of rotatable bonds is 6. The van der Waals surface area contributed by atoms with E-state index in [2.05, 4.69) is 34.0 Å². The van der Waals surface area contributed by atoms with Crippen molar-refractivity contribution in [3.05, 3.63) is 11.8 Å². The molecule has 16 heavy (non-hydrogen) atoms. The number of hydrogen-bond acceptors (Lipinski definition) is 5. The van der Waals surface area contributed by atoms with Crippen LogP contribution in [0.2, 0.25) is 0 Å². The van der Waals surface area contributed by atoms with E-state index in [0.29, 0.717) is 5.95 Å². The number of nitrogens with two attached hydrogens (primary N) is 1. The summed E-state index contributed by atoms with van der Waals surface area (Å²) in [4.78, 5) is 10.5. The summed E-state index contributed by atoms with van der Waals surface area (Å²) in [7, 11) is 0. The molecule has 1 rings (SSSR count). The maximum absolute atomic E-state index is 5.57. The van der Waals surface area contributed by atoms with E-state index >= 15 is 0 Å².